The van der Waals surface area contributed by atoms with Gasteiger partial charge in [-0.1, -0.05) is 30.3 Å². The smallest absolute Gasteiger partial charge is 0.271 e. The molecule has 29 heavy (non-hydrogen) atoms. The molecule has 0 aromatic heterocycles. The first-order valence-corrected chi connectivity index (χ1v) is 9.00. The number of rotatable bonds is 8. The summed E-state index contributed by atoms with van der Waals surface area (Å²) in [6, 6.07) is 20.5. The van der Waals surface area contributed by atoms with Gasteiger partial charge < -0.3 is 14.8 Å². The second kappa shape index (κ2) is 9.36. The molecule has 0 aliphatic heterocycles. The fraction of sp³-hybridized carbons (Fsp3) is 0.136. The van der Waals surface area contributed by atoms with E-state index < -0.39 is 4.92 Å². The van der Waals surface area contributed by atoms with Gasteiger partial charge in [0.15, 0.2) is 0 Å². The van der Waals surface area contributed by atoms with Gasteiger partial charge in [0.1, 0.15) is 24.7 Å². The van der Waals surface area contributed by atoms with Crippen LogP contribution in [-0.4, -0.2) is 24.0 Å². The molecule has 0 bridgehead atoms. The summed E-state index contributed by atoms with van der Waals surface area (Å²) < 4.78 is 11.2. The number of nitrogens with one attached hydrogen (secondary N) is 1. The lowest BCUT2D eigenvalue weighted by molar-refractivity contribution is -0.384. The maximum Gasteiger partial charge on any atom is 0.271 e. The van der Waals surface area contributed by atoms with Gasteiger partial charge in [-0.25, -0.2) is 0 Å². The molecule has 0 radical (unpaired) electrons. The molecule has 3 aromatic rings. The van der Waals surface area contributed by atoms with Gasteiger partial charge in [0.2, 0.25) is 0 Å². The summed E-state index contributed by atoms with van der Waals surface area (Å²) in [5.74, 6) is 0.918. The molecule has 0 fully saturated rings. The molecule has 3 aromatic carbocycles. The van der Waals surface area contributed by atoms with Crippen LogP contribution in [0, 0.1) is 17.0 Å². The van der Waals surface area contributed by atoms with Crippen molar-refractivity contribution in [1.29, 1.82) is 0 Å². The summed E-state index contributed by atoms with van der Waals surface area (Å²) in [4.78, 5) is 23.0. The predicted molar refractivity (Wildman–Crippen MR) is 110 cm³/mol. The van der Waals surface area contributed by atoms with Crippen LogP contribution in [0.1, 0.15) is 15.9 Å². The van der Waals surface area contributed by atoms with Crippen molar-refractivity contribution >= 4 is 17.3 Å². The number of carbonyl (C=O) groups is 1. The number of carbonyl (C=O) groups excluding carboxylic acids is 1. The minimum Gasteiger partial charge on any atom is -0.490 e. The van der Waals surface area contributed by atoms with E-state index in [0.717, 1.165) is 11.3 Å². The lowest BCUT2D eigenvalue weighted by Gasteiger charge is -2.11. The van der Waals surface area contributed by atoms with Gasteiger partial charge >= 0.3 is 0 Å². The van der Waals surface area contributed by atoms with Crippen LogP contribution >= 0.6 is 0 Å². The van der Waals surface area contributed by atoms with Crippen LogP contribution in [0.5, 0.6) is 11.5 Å². The van der Waals surface area contributed by atoms with Crippen molar-refractivity contribution in [3.05, 3.63) is 94.0 Å². The first-order valence-electron chi connectivity index (χ1n) is 9.00. The van der Waals surface area contributed by atoms with Crippen LogP contribution in [0.4, 0.5) is 11.4 Å². The molecule has 7 nitrogen and oxygen atoms in total. The third-order valence-corrected chi connectivity index (χ3v) is 4.14. The lowest BCUT2D eigenvalue weighted by Crippen LogP contribution is -2.13. The molecule has 3 rings (SSSR count). The van der Waals surface area contributed by atoms with Crippen LogP contribution in [0.15, 0.2) is 72.8 Å². The van der Waals surface area contributed by atoms with E-state index in [2.05, 4.69) is 5.32 Å². The van der Waals surface area contributed by atoms with E-state index in [1.165, 1.54) is 12.1 Å². The summed E-state index contributed by atoms with van der Waals surface area (Å²) in [6.45, 7) is 2.46. The van der Waals surface area contributed by atoms with E-state index in [1.54, 1.807) is 37.3 Å². The predicted octanol–water partition coefficient (Wildman–Crippen LogP) is 4.61. The highest BCUT2D eigenvalue weighted by Gasteiger charge is 2.13. The Hall–Kier alpha value is -3.87. The van der Waals surface area contributed by atoms with Crippen LogP contribution in [0.25, 0.3) is 0 Å². The highest BCUT2D eigenvalue weighted by atomic mass is 16.6. The Morgan fingerprint density at radius 3 is 2.34 bits per heavy atom. The number of nitro groups is 1. The molecule has 0 spiro atoms. The fourth-order valence-electron chi connectivity index (χ4n) is 2.62. The summed E-state index contributed by atoms with van der Waals surface area (Å²) in [5.41, 5.74) is 1.43. The van der Waals surface area contributed by atoms with E-state index >= 15 is 0 Å². The number of amides is 1. The number of hydrogen-bond donors (Lipinski definition) is 1. The highest BCUT2D eigenvalue weighted by Crippen LogP contribution is 2.23. The average molecular weight is 392 g/mol. The standard InChI is InChI=1S/C22H20N2O5/c1-16-10-11-18(24(26)27)15-21(16)23-22(25)17-6-5-9-20(14-17)29-13-12-28-19-7-3-2-4-8-19/h2-11,14-15H,12-13H2,1H3,(H,23,25). The minimum absolute atomic E-state index is 0.0820. The van der Waals surface area contributed by atoms with Gasteiger partial charge in [-0.2, -0.15) is 0 Å². The Bertz CT molecular complexity index is 1010. The molecule has 148 valence electrons. The van der Waals surface area contributed by atoms with Crippen molar-refractivity contribution in [2.45, 2.75) is 6.92 Å². The van der Waals surface area contributed by atoms with Gasteiger partial charge in [0, 0.05) is 17.7 Å². The number of hydrogen-bond acceptors (Lipinski definition) is 5. The van der Waals surface area contributed by atoms with Gasteiger partial charge in [0.25, 0.3) is 11.6 Å². The average Bonchev–Trinajstić information content (AvgIpc) is 2.73. The number of nitro benzene ring substituents is 1. The summed E-state index contributed by atoms with van der Waals surface area (Å²) in [5, 5.41) is 13.7. The molecule has 0 saturated carbocycles. The number of para-hydroxylation sites is 1. The Balaban J connectivity index is 1.59. The van der Waals surface area contributed by atoms with Crippen LogP contribution in [-0.2, 0) is 0 Å². The monoisotopic (exact) mass is 392 g/mol. The van der Waals surface area contributed by atoms with E-state index in [0.29, 0.717) is 30.2 Å². The van der Waals surface area contributed by atoms with Gasteiger partial charge in [-0.15, -0.1) is 0 Å². The van der Waals surface area contributed by atoms with Gasteiger partial charge in [0.05, 0.1) is 10.6 Å². The van der Waals surface area contributed by atoms with E-state index in [1.807, 2.05) is 30.3 Å². The Morgan fingerprint density at radius 2 is 1.62 bits per heavy atom. The zero-order chi connectivity index (χ0) is 20.6. The summed E-state index contributed by atoms with van der Waals surface area (Å²) in [7, 11) is 0. The zero-order valence-electron chi connectivity index (χ0n) is 15.8. The van der Waals surface area contributed by atoms with E-state index in [-0.39, 0.29) is 11.6 Å². The Labute approximate surface area is 168 Å². The molecule has 0 atom stereocenters. The topological polar surface area (TPSA) is 90.7 Å². The second-order valence-corrected chi connectivity index (χ2v) is 6.25. The Morgan fingerprint density at radius 1 is 0.931 bits per heavy atom. The van der Waals surface area contributed by atoms with E-state index in [4.69, 9.17) is 9.47 Å². The quantitative estimate of drug-likeness (QED) is 0.343. The fourth-order valence-corrected chi connectivity index (χ4v) is 2.62. The first kappa shape index (κ1) is 19.9. The number of ether oxygens (including phenoxy) is 2. The van der Waals surface area contributed by atoms with Crippen molar-refractivity contribution in [2.24, 2.45) is 0 Å². The van der Waals surface area contributed by atoms with Crippen LogP contribution < -0.4 is 14.8 Å². The van der Waals surface area contributed by atoms with Crippen molar-refractivity contribution in [2.75, 3.05) is 18.5 Å². The SMILES string of the molecule is Cc1ccc([N+](=O)[O-])cc1NC(=O)c1cccc(OCCOc2ccccc2)c1. The molecule has 0 aliphatic carbocycles. The first-order chi connectivity index (χ1) is 14.0. The van der Waals surface area contributed by atoms with Crippen LogP contribution in [0.2, 0.25) is 0 Å². The minimum atomic E-state index is -0.499. The van der Waals surface area contributed by atoms with Gasteiger partial charge in [-0.05, 0) is 42.8 Å². The van der Waals surface area contributed by atoms with Crippen LogP contribution in [0.3, 0.4) is 0 Å². The molecule has 1 N–H and O–H groups in total. The number of nitrogens with zero attached hydrogens (tertiary/aromatic N) is 1. The number of aryl methyl sites for hydroxylation is 1. The second-order valence-electron chi connectivity index (χ2n) is 6.25. The highest BCUT2D eigenvalue weighted by molar-refractivity contribution is 6.05. The summed E-state index contributed by atoms with van der Waals surface area (Å²) in [6.07, 6.45) is 0. The molecule has 7 heteroatoms. The number of anilines is 1. The third-order valence-electron chi connectivity index (χ3n) is 4.14. The third kappa shape index (κ3) is 5.55. The molecular formula is C22H20N2O5. The Kier molecular flexibility index (Phi) is 6.42. The maximum absolute atomic E-state index is 12.6. The summed E-state index contributed by atoms with van der Waals surface area (Å²) >= 11 is 0. The molecular weight excluding hydrogens is 372 g/mol. The molecule has 1 amide bonds. The molecule has 0 heterocycles. The van der Waals surface area contributed by atoms with Crippen molar-refractivity contribution in [3.8, 4) is 11.5 Å². The molecule has 0 saturated heterocycles. The van der Waals surface area contributed by atoms with Gasteiger partial charge in [-0.3, -0.25) is 14.9 Å². The number of benzene rings is 3. The maximum atomic E-state index is 12.6. The lowest BCUT2D eigenvalue weighted by atomic mass is 10.1. The molecule has 0 unspecified atom stereocenters. The number of non-ortho nitro benzene ring substituents is 1. The zero-order valence-corrected chi connectivity index (χ0v) is 15.8. The normalized spacial score (nSPS) is 10.2. The molecule has 0 aliphatic rings. The van der Waals surface area contributed by atoms with Crippen molar-refractivity contribution in [1.82, 2.24) is 0 Å². The van der Waals surface area contributed by atoms with Crippen molar-refractivity contribution in [3.63, 3.8) is 0 Å². The largest absolute Gasteiger partial charge is 0.490 e. The van der Waals surface area contributed by atoms with E-state index in [9.17, 15) is 14.9 Å². The van der Waals surface area contributed by atoms with Crippen molar-refractivity contribution < 1.29 is 19.2 Å².